The summed E-state index contributed by atoms with van der Waals surface area (Å²) in [6.07, 6.45) is 2.48. The van der Waals surface area contributed by atoms with Gasteiger partial charge in [0, 0.05) is 0 Å². The van der Waals surface area contributed by atoms with Crippen LogP contribution in [0.4, 0.5) is 0 Å². The second-order valence-corrected chi connectivity index (χ2v) is 5.43. The van der Waals surface area contributed by atoms with E-state index in [2.05, 4.69) is 0 Å². The number of carbonyl (C=O) groups excluding carboxylic acids is 1. The van der Waals surface area contributed by atoms with Gasteiger partial charge in [0.05, 0.1) is 16.5 Å². The predicted octanol–water partition coefficient (Wildman–Crippen LogP) is 2.24. The van der Waals surface area contributed by atoms with Crippen molar-refractivity contribution in [3.05, 3.63) is 35.9 Å². The second-order valence-electron chi connectivity index (χ2n) is 3.26. The van der Waals surface area contributed by atoms with Gasteiger partial charge in [-0.05, 0) is 25.0 Å². The fourth-order valence-corrected chi connectivity index (χ4v) is 3.73. The molecule has 13 heavy (non-hydrogen) atoms. The van der Waals surface area contributed by atoms with Crippen LogP contribution in [0.1, 0.15) is 23.2 Å². The van der Waals surface area contributed by atoms with Crippen LogP contribution in [0.3, 0.4) is 0 Å². The fraction of sp³-hybridized carbons (Fsp3) is 0.364. The molecular formula is C11H13OS+. The Labute approximate surface area is 81.5 Å². The smallest absolute Gasteiger partial charge is 0.232 e. The minimum absolute atomic E-state index is 0.0381. The third-order valence-electron chi connectivity index (χ3n) is 2.30. The van der Waals surface area contributed by atoms with Gasteiger partial charge in [-0.2, -0.15) is 0 Å². The molecule has 1 saturated heterocycles. The Bertz CT molecular complexity index is 288. The molecule has 1 fully saturated rings. The van der Waals surface area contributed by atoms with Crippen molar-refractivity contribution in [1.29, 1.82) is 0 Å². The Hall–Kier alpha value is -0.760. The van der Waals surface area contributed by atoms with Crippen LogP contribution in [0.25, 0.3) is 0 Å². The molecule has 2 heteroatoms. The van der Waals surface area contributed by atoms with Gasteiger partial charge in [-0.1, -0.05) is 18.2 Å². The maximum absolute atomic E-state index is 11.9. The quantitative estimate of drug-likeness (QED) is 0.625. The van der Waals surface area contributed by atoms with Gasteiger partial charge < -0.3 is 0 Å². The Morgan fingerprint density at radius 2 is 1.69 bits per heavy atom. The van der Waals surface area contributed by atoms with E-state index in [1.54, 1.807) is 0 Å². The molecule has 0 bridgehead atoms. The molecule has 0 atom stereocenters. The van der Waals surface area contributed by atoms with Crippen LogP contribution >= 0.6 is 0 Å². The molecule has 68 valence electrons. The van der Waals surface area contributed by atoms with E-state index in [0.29, 0.717) is 5.12 Å². The Morgan fingerprint density at radius 1 is 1.08 bits per heavy atom. The van der Waals surface area contributed by atoms with E-state index in [1.165, 1.54) is 12.8 Å². The molecule has 2 rings (SSSR count). The molecule has 0 amide bonds. The van der Waals surface area contributed by atoms with E-state index in [9.17, 15) is 4.79 Å². The van der Waals surface area contributed by atoms with Crippen LogP contribution in [0.5, 0.6) is 0 Å². The summed E-state index contributed by atoms with van der Waals surface area (Å²) in [6, 6.07) is 9.68. The van der Waals surface area contributed by atoms with Crippen LogP contribution in [-0.2, 0) is 10.9 Å². The summed E-state index contributed by atoms with van der Waals surface area (Å²) in [5.41, 5.74) is 0.896. The molecule has 1 aliphatic heterocycles. The largest absolute Gasteiger partial charge is 0.361 e. The minimum atomic E-state index is 0.0381. The molecule has 1 aromatic carbocycles. The van der Waals surface area contributed by atoms with Crippen molar-refractivity contribution in [1.82, 2.24) is 0 Å². The maximum Gasteiger partial charge on any atom is 0.361 e. The molecule has 0 aliphatic carbocycles. The van der Waals surface area contributed by atoms with Crippen LogP contribution < -0.4 is 0 Å². The normalized spacial score (nSPS) is 17.5. The van der Waals surface area contributed by atoms with E-state index >= 15 is 0 Å². The summed E-state index contributed by atoms with van der Waals surface area (Å²) >= 11 is 0. The number of carbonyl (C=O) groups is 1. The molecule has 1 nitrogen and oxygen atoms in total. The van der Waals surface area contributed by atoms with E-state index in [0.717, 1.165) is 17.1 Å². The van der Waals surface area contributed by atoms with Crippen molar-refractivity contribution < 1.29 is 4.79 Å². The minimum Gasteiger partial charge on any atom is -0.232 e. The number of hydrogen-bond donors (Lipinski definition) is 0. The van der Waals surface area contributed by atoms with E-state index in [1.807, 2.05) is 30.3 Å². The van der Waals surface area contributed by atoms with Crippen LogP contribution in [0.2, 0.25) is 0 Å². The summed E-state index contributed by atoms with van der Waals surface area (Å²) in [4.78, 5) is 11.9. The van der Waals surface area contributed by atoms with Crippen molar-refractivity contribution in [3.63, 3.8) is 0 Å². The monoisotopic (exact) mass is 193 g/mol. The van der Waals surface area contributed by atoms with Gasteiger partial charge in [-0.15, -0.1) is 0 Å². The highest BCUT2D eigenvalue weighted by Crippen LogP contribution is 2.18. The topological polar surface area (TPSA) is 17.1 Å². The number of hydrogen-bond acceptors (Lipinski definition) is 1. The van der Waals surface area contributed by atoms with Crippen LogP contribution in [0.15, 0.2) is 30.3 Å². The van der Waals surface area contributed by atoms with Crippen molar-refractivity contribution >= 4 is 16.0 Å². The first-order chi connectivity index (χ1) is 6.38. The first-order valence-corrected chi connectivity index (χ1v) is 6.21. The average Bonchev–Trinajstić information content (AvgIpc) is 2.71. The van der Waals surface area contributed by atoms with Gasteiger partial charge in [0.25, 0.3) is 0 Å². The summed E-state index contributed by atoms with van der Waals surface area (Å²) in [5, 5.41) is 0.373. The lowest BCUT2D eigenvalue weighted by atomic mass is 10.2. The Balaban J connectivity index is 2.13. The lowest BCUT2D eigenvalue weighted by Crippen LogP contribution is -2.16. The van der Waals surface area contributed by atoms with Gasteiger partial charge in [-0.3, -0.25) is 0 Å². The fourth-order valence-electron chi connectivity index (χ4n) is 1.58. The number of rotatable bonds is 1. The summed E-state index contributed by atoms with van der Waals surface area (Å²) in [5.74, 6) is 2.24. The zero-order valence-electron chi connectivity index (χ0n) is 7.53. The summed E-state index contributed by atoms with van der Waals surface area (Å²) in [6.45, 7) is 0. The van der Waals surface area contributed by atoms with E-state index in [4.69, 9.17) is 0 Å². The Morgan fingerprint density at radius 3 is 2.31 bits per heavy atom. The standard InChI is InChI=1S/C11H13OS/c12-11(13-8-4-5-9-13)10-6-2-1-3-7-10/h1-3,6-7H,4-5,8-9H2/q+1. The summed E-state index contributed by atoms with van der Waals surface area (Å²) in [7, 11) is 0.0381. The molecule has 0 unspecified atom stereocenters. The average molecular weight is 193 g/mol. The van der Waals surface area contributed by atoms with Crippen molar-refractivity contribution in [3.8, 4) is 0 Å². The highest BCUT2D eigenvalue weighted by molar-refractivity contribution is 8.11. The second kappa shape index (κ2) is 3.97. The molecule has 1 heterocycles. The highest BCUT2D eigenvalue weighted by Gasteiger charge is 2.33. The lowest BCUT2D eigenvalue weighted by molar-refractivity contribution is 0.108. The molecule has 1 aliphatic rings. The molecule has 0 N–H and O–H groups in total. The molecule has 0 saturated carbocycles. The van der Waals surface area contributed by atoms with Crippen LogP contribution in [-0.4, -0.2) is 16.6 Å². The van der Waals surface area contributed by atoms with Crippen molar-refractivity contribution in [2.24, 2.45) is 0 Å². The first-order valence-electron chi connectivity index (χ1n) is 4.65. The van der Waals surface area contributed by atoms with Gasteiger partial charge in [0.1, 0.15) is 11.5 Å². The molecule has 0 aromatic heterocycles. The SMILES string of the molecule is O=C(c1ccccc1)[S+]1CCCC1. The first kappa shape index (κ1) is 8.82. The van der Waals surface area contributed by atoms with Gasteiger partial charge >= 0.3 is 5.12 Å². The van der Waals surface area contributed by atoms with Gasteiger partial charge in [-0.25, -0.2) is 4.79 Å². The van der Waals surface area contributed by atoms with Crippen molar-refractivity contribution in [2.45, 2.75) is 12.8 Å². The van der Waals surface area contributed by atoms with Gasteiger partial charge in [0.15, 0.2) is 0 Å². The lowest BCUT2D eigenvalue weighted by Gasteiger charge is -1.97. The molecule has 1 aromatic rings. The summed E-state index contributed by atoms with van der Waals surface area (Å²) < 4.78 is 0. The third-order valence-corrected chi connectivity index (χ3v) is 4.63. The highest BCUT2D eigenvalue weighted by atomic mass is 32.2. The van der Waals surface area contributed by atoms with Crippen molar-refractivity contribution in [2.75, 3.05) is 11.5 Å². The third kappa shape index (κ3) is 1.94. The zero-order valence-corrected chi connectivity index (χ0v) is 8.35. The molecular weight excluding hydrogens is 180 g/mol. The van der Waals surface area contributed by atoms with E-state index in [-0.39, 0.29) is 10.9 Å². The molecule has 0 radical (unpaired) electrons. The van der Waals surface area contributed by atoms with E-state index < -0.39 is 0 Å². The molecule has 0 spiro atoms. The predicted molar refractivity (Wildman–Crippen MR) is 57.1 cm³/mol. The Kier molecular flexibility index (Phi) is 2.69. The maximum atomic E-state index is 11.9. The zero-order chi connectivity index (χ0) is 9.10. The van der Waals surface area contributed by atoms with Crippen LogP contribution in [0, 0.1) is 0 Å². The number of benzene rings is 1. The van der Waals surface area contributed by atoms with Gasteiger partial charge in [0.2, 0.25) is 0 Å².